The molecular formula is C61H77N9O5S. The van der Waals surface area contributed by atoms with Gasteiger partial charge < -0.3 is 40.7 Å². The van der Waals surface area contributed by atoms with Crippen LogP contribution in [0.1, 0.15) is 97.0 Å². The van der Waals surface area contributed by atoms with Crippen LogP contribution in [0.5, 0.6) is 5.75 Å². The molecule has 0 radical (unpaired) electrons. The number of rotatable bonds is 18. The van der Waals surface area contributed by atoms with E-state index in [0.717, 1.165) is 130 Å². The first-order valence-corrected chi connectivity index (χ1v) is 28.5. The molecule has 4 aliphatic heterocycles. The van der Waals surface area contributed by atoms with E-state index in [1.807, 2.05) is 81.4 Å². The Hall–Kier alpha value is -5.97. The second-order valence-corrected chi connectivity index (χ2v) is 24.3. The van der Waals surface area contributed by atoms with Crippen LogP contribution in [-0.2, 0) is 39.2 Å². The lowest BCUT2D eigenvalue weighted by atomic mass is 9.73. The number of ether oxygens (including phenoxy) is 1. The highest BCUT2D eigenvalue weighted by Gasteiger charge is 2.51. The molecule has 0 saturated carbocycles. The Kier molecular flexibility index (Phi) is 16.1. The fourth-order valence-corrected chi connectivity index (χ4v) is 13.4. The number of likely N-dealkylation sites (N-methyl/N-ethyl adjacent to an activating group) is 1. The fourth-order valence-electron chi connectivity index (χ4n) is 12.3. The lowest BCUT2D eigenvalue weighted by Crippen LogP contribution is -2.72. The van der Waals surface area contributed by atoms with Crippen LogP contribution in [0, 0.1) is 10.8 Å². The van der Waals surface area contributed by atoms with Crippen molar-refractivity contribution in [2.24, 2.45) is 10.8 Å². The van der Waals surface area contributed by atoms with E-state index in [-0.39, 0.29) is 41.6 Å². The summed E-state index contributed by atoms with van der Waals surface area (Å²) in [6, 6.07) is 32.0. The van der Waals surface area contributed by atoms with Crippen molar-refractivity contribution in [2.45, 2.75) is 102 Å². The van der Waals surface area contributed by atoms with Gasteiger partial charge in [0.15, 0.2) is 0 Å². The predicted molar refractivity (Wildman–Crippen MR) is 299 cm³/mol. The highest BCUT2D eigenvalue weighted by Crippen LogP contribution is 2.41. The number of carbonyl (C=O) groups excluding carboxylic acids is 4. The Balaban J connectivity index is 0.707. The molecule has 14 nitrogen and oxygen atoms in total. The molecule has 10 rings (SSSR count). The van der Waals surface area contributed by atoms with Gasteiger partial charge in [0.05, 0.1) is 17.8 Å². The molecule has 4 atom stereocenters. The molecule has 3 fully saturated rings. The van der Waals surface area contributed by atoms with Crippen LogP contribution in [0.2, 0.25) is 0 Å². The summed E-state index contributed by atoms with van der Waals surface area (Å²) in [7, 11) is 1.72. The number of nitrogens with zero attached hydrogens (tertiary/aromatic N) is 5. The summed E-state index contributed by atoms with van der Waals surface area (Å²) in [5, 5.41) is 15.9. The average Bonchev–Trinajstić information content (AvgIpc) is 3.98. The van der Waals surface area contributed by atoms with Gasteiger partial charge >= 0.3 is 0 Å². The zero-order valence-electron chi connectivity index (χ0n) is 45.1. The molecule has 5 heterocycles. The number of fused-ring (bicyclic) bond motifs is 2. The van der Waals surface area contributed by atoms with Gasteiger partial charge in [0.25, 0.3) is 5.91 Å². The van der Waals surface area contributed by atoms with Gasteiger partial charge in [-0.05, 0) is 111 Å². The number of nitrogens with one attached hydrogen (secondary N) is 4. The quantitative estimate of drug-likeness (QED) is 0.0734. The van der Waals surface area contributed by atoms with Crippen LogP contribution in [-0.4, -0.2) is 145 Å². The number of carbonyl (C=O) groups is 4. The van der Waals surface area contributed by atoms with Crippen molar-refractivity contribution in [3.63, 3.8) is 0 Å². The maximum absolute atomic E-state index is 14.8. The lowest BCUT2D eigenvalue weighted by molar-refractivity contribution is -0.147. The first-order valence-electron chi connectivity index (χ1n) is 27.6. The third-order valence-electron chi connectivity index (χ3n) is 16.9. The van der Waals surface area contributed by atoms with E-state index < -0.39 is 23.5 Å². The van der Waals surface area contributed by atoms with E-state index in [9.17, 15) is 19.2 Å². The summed E-state index contributed by atoms with van der Waals surface area (Å²) < 4.78 is 6.41. The molecule has 4 amide bonds. The highest BCUT2D eigenvalue weighted by atomic mass is 32.1. The number of hydrogen-bond acceptors (Lipinski definition) is 11. The van der Waals surface area contributed by atoms with Crippen LogP contribution < -0.4 is 26.0 Å². The minimum absolute atomic E-state index is 0.0395. The third-order valence-corrected chi connectivity index (χ3v) is 18.0. The number of hydrogen-bond donors (Lipinski definition) is 4. The molecule has 4 N–H and O–H groups in total. The van der Waals surface area contributed by atoms with Gasteiger partial charge in [-0.25, -0.2) is 4.98 Å². The van der Waals surface area contributed by atoms with E-state index >= 15 is 0 Å². The molecule has 3 saturated heterocycles. The summed E-state index contributed by atoms with van der Waals surface area (Å²) in [6.07, 6.45) is 5.07. The van der Waals surface area contributed by atoms with Crippen molar-refractivity contribution in [2.75, 3.05) is 79.1 Å². The largest absolute Gasteiger partial charge is 0.492 e. The molecule has 2 unspecified atom stereocenters. The number of piperidine rings is 1. The van der Waals surface area contributed by atoms with Gasteiger partial charge in [0.1, 0.15) is 29.4 Å². The van der Waals surface area contributed by atoms with Crippen LogP contribution in [0.3, 0.4) is 0 Å². The predicted octanol–water partition coefficient (Wildman–Crippen LogP) is 6.86. The second-order valence-electron chi connectivity index (χ2n) is 23.4. The minimum Gasteiger partial charge on any atom is -0.492 e. The summed E-state index contributed by atoms with van der Waals surface area (Å²) in [6.45, 7) is 18.2. The number of thiazole rings is 1. The molecule has 76 heavy (non-hydrogen) atoms. The summed E-state index contributed by atoms with van der Waals surface area (Å²) in [4.78, 5) is 70.3. The van der Waals surface area contributed by atoms with Crippen molar-refractivity contribution in [1.29, 1.82) is 0 Å². The first kappa shape index (κ1) is 53.4. The van der Waals surface area contributed by atoms with E-state index in [2.05, 4.69) is 83.8 Å². The SMILES string of the molecule is CN[C@@H](C)C(=O)N[C@H](C(=O)N1Cc2cc(OCCN3CC4(C3)CN(CCN3CCC(CNC(=O)c5ccccc5)(c5nc(-c6ccccc6)cs5)CC3)C4)ccc2CC1C(=O)NC1CCCc2ccccc21)C(C)(C)C. The Morgan fingerprint density at radius 1 is 0.816 bits per heavy atom. The Morgan fingerprint density at radius 2 is 1.50 bits per heavy atom. The monoisotopic (exact) mass is 1050 g/mol. The van der Waals surface area contributed by atoms with Gasteiger partial charge in [-0.15, -0.1) is 11.3 Å². The average molecular weight is 1050 g/mol. The second kappa shape index (κ2) is 22.9. The summed E-state index contributed by atoms with van der Waals surface area (Å²) >= 11 is 1.72. The molecule has 1 aromatic heterocycles. The molecule has 5 aliphatic rings. The van der Waals surface area contributed by atoms with Gasteiger partial charge in [-0.1, -0.05) is 99.6 Å². The maximum atomic E-state index is 14.8. The number of aryl methyl sites for hydroxylation is 1. The Labute approximate surface area is 453 Å². The van der Waals surface area contributed by atoms with E-state index in [1.165, 1.54) is 5.56 Å². The van der Waals surface area contributed by atoms with Gasteiger partial charge in [0.2, 0.25) is 17.7 Å². The summed E-state index contributed by atoms with van der Waals surface area (Å²) in [5.41, 5.74) is 6.69. The standard InChI is InChI=1S/C61H77N9O5S/c1-42(62-5)54(71)66-53(59(2,3)4)57(74)70-35-47-33-48(24-23-46(47)34-52(70)56(73)64-50-22-14-20-43-15-12-13-21-49(43)50)75-32-31-69-40-60(41-69)38-68(39-60)30-29-67-27-25-61(26-28-67,37-63-55(72)45-18-10-7-11-19-45)58-65-51(36-76-58)44-16-8-6-9-17-44/h6-13,15-19,21,23-24,33,36,42,50,52-53,62H,14,20,22,25-32,34-35,37-41H2,1-5H3,(H,63,72)(H,64,73)(H,66,71)/t42-,50?,52?,53+/m0/s1. The minimum atomic E-state index is -0.848. The lowest BCUT2D eigenvalue weighted by Gasteiger charge is -2.60. The van der Waals surface area contributed by atoms with Crippen molar-refractivity contribution >= 4 is 35.0 Å². The topological polar surface area (TPSA) is 151 Å². The molecule has 402 valence electrons. The van der Waals surface area contributed by atoms with Crippen molar-refractivity contribution in [3.8, 4) is 17.0 Å². The van der Waals surface area contributed by atoms with E-state index in [4.69, 9.17) is 9.72 Å². The van der Waals surface area contributed by atoms with Crippen molar-refractivity contribution < 1.29 is 23.9 Å². The van der Waals surface area contributed by atoms with Crippen LogP contribution >= 0.6 is 11.3 Å². The van der Waals surface area contributed by atoms with Gasteiger partial charge in [-0.3, -0.25) is 24.1 Å². The normalized spacial score (nSPS) is 21.0. The first-order chi connectivity index (χ1) is 36.7. The van der Waals surface area contributed by atoms with Gasteiger partial charge in [-0.2, -0.15) is 0 Å². The van der Waals surface area contributed by atoms with Crippen LogP contribution in [0.25, 0.3) is 11.3 Å². The number of aromatic nitrogens is 1. The van der Waals surface area contributed by atoms with Crippen molar-refractivity contribution in [3.05, 3.63) is 141 Å². The number of likely N-dealkylation sites (tertiary alicyclic amines) is 3. The molecule has 4 aromatic carbocycles. The third kappa shape index (κ3) is 11.9. The molecule has 1 spiro atoms. The Morgan fingerprint density at radius 3 is 2.22 bits per heavy atom. The highest BCUT2D eigenvalue weighted by molar-refractivity contribution is 7.10. The van der Waals surface area contributed by atoms with Crippen LogP contribution in [0.4, 0.5) is 0 Å². The van der Waals surface area contributed by atoms with E-state index in [1.54, 1.807) is 30.2 Å². The van der Waals surface area contributed by atoms with E-state index in [0.29, 0.717) is 30.6 Å². The zero-order valence-corrected chi connectivity index (χ0v) is 45.9. The maximum Gasteiger partial charge on any atom is 0.251 e. The number of benzene rings is 4. The fraction of sp³-hybridized carbons (Fsp3) is 0.492. The molecule has 15 heteroatoms. The summed E-state index contributed by atoms with van der Waals surface area (Å²) in [5.74, 6) is -0.00524. The molecule has 5 aromatic rings. The molecule has 1 aliphatic carbocycles. The number of amides is 4. The molecular weight excluding hydrogens is 971 g/mol. The van der Waals surface area contributed by atoms with Crippen molar-refractivity contribution in [1.82, 2.24) is 45.9 Å². The Bertz CT molecular complexity index is 2830. The van der Waals surface area contributed by atoms with Crippen LogP contribution in [0.15, 0.2) is 109 Å². The molecule has 0 bridgehead atoms. The zero-order chi connectivity index (χ0) is 53.0. The smallest absolute Gasteiger partial charge is 0.251 e. The van der Waals surface area contributed by atoms with Gasteiger partial charge in [0, 0.05) is 92.7 Å².